The summed E-state index contributed by atoms with van der Waals surface area (Å²) in [6.07, 6.45) is 4.14. The van der Waals surface area contributed by atoms with Crippen molar-refractivity contribution in [2.24, 2.45) is 0 Å². The van der Waals surface area contributed by atoms with Crippen molar-refractivity contribution in [2.75, 3.05) is 38.1 Å². The first-order valence-electron chi connectivity index (χ1n) is 12.0. The number of hydrogen-bond acceptors (Lipinski definition) is 8. The van der Waals surface area contributed by atoms with Crippen LogP contribution in [0.4, 0.5) is 5.69 Å². The third-order valence-electron chi connectivity index (χ3n) is 6.32. The van der Waals surface area contributed by atoms with Crippen LogP contribution in [0.5, 0.6) is 5.75 Å². The Morgan fingerprint density at radius 2 is 1.30 bits per heavy atom. The van der Waals surface area contributed by atoms with E-state index in [-0.39, 0.29) is 15.4 Å². The first-order chi connectivity index (χ1) is 17.6. The van der Waals surface area contributed by atoms with E-state index in [1.54, 1.807) is 0 Å². The summed E-state index contributed by atoms with van der Waals surface area (Å²) in [5.74, 6) is -2.23. The molecule has 0 saturated carbocycles. The molecule has 0 atom stereocenters. The van der Waals surface area contributed by atoms with Gasteiger partial charge < -0.3 is 15.2 Å². The minimum Gasteiger partial charge on any atom is -0.507 e. The molecule has 37 heavy (non-hydrogen) atoms. The second kappa shape index (κ2) is 11.2. The topological polar surface area (TPSA) is 150 Å². The zero-order chi connectivity index (χ0) is 26.6. The number of ether oxygens (including phenoxy) is 1. The van der Waals surface area contributed by atoms with Gasteiger partial charge in [0.25, 0.3) is 5.91 Å². The third-order valence-corrected chi connectivity index (χ3v) is 10.1. The number of sulfonamides is 2. The van der Waals surface area contributed by atoms with Gasteiger partial charge in [0.15, 0.2) is 6.61 Å². The highest BCUT2D eigenvalue weighted by Gasteiger charge is 2.29. The van der Waals surface area contributed by atoms with Gasteiger partial charge in [0, 0.05) is 31.9 Å². The minimum atomic E-state index is -3.82. The van der Waals surface area contributed by atoms with Gasteiger partial charge in [-0.2, -0.15) is 8.61 Å². The van der Waals surface area contributed by atoms with E-state index < -0.39 is 44.3 Å². The molecule has 0 spiro atoms. The Morgan fingerprint density at radius 3 is 1.89 bits per heavy atom. The Balaban J connectivity index is 1.36. The number of hydrogen-bond donors (Lipinski definition) is 2. The van der Waals surface area contributed by atoms with E-state index in [0.29, 0.717) is 31.9 Å². The van der Waals surface area contributed by atoms with E-state index in [9.17, 15) is 31.5 Å². The lowest BCUT2D eigenvalue weighted by Gasteiger charge is -2.25. The van der Waals surface area contributed by atoms with Crippen LogP contribution < -0.4 is 5.32 Å². The number of amides is 1. The van der Waals surface area contributed by atoms with E-state index in [1.807, 2.05) is 0 Å². The summed E-state index contributed by atoms with van der Waals surface area (Å²) in [4.78, 5) is 24.7. The van der Waals surface area contributed by atoms with Crippen molar-refractivity contribution >= 4 is 37.6 Å². The van der Waals surface area contributed by atoms with E-state index in [2.05, 4.69) is 5.32 Å². The van der Waals surface area contributed by atoms with Crippen LogP contribution in [0.1, 0.15) is 42.5 Å². The van der Waals surface area contributed by atoms with E-state index in [0.717, 1.165) is 44.2 Å². The standard InChI is InChI=1S/C24H29N3O8S2/c28-22-11-10-20(37(33,34)27-14-4-5-15-27)16-21(22)24(30)35-17-23(29)25-18-6-8-19(9-7-18)36(31,32)26-12-2-1-3-13-26/h6-11,16,28H,1-5,12-15,17H2,(H,25,29). The van der Waals surface area contributed by atoms with Crippen molar-refractivity contribution in [2.45, 2.75) is 41.9 Å². The van der Waals surface area contributed by atoms with Crippen LogP contribution in [0.2, 0.25) is 0 Å². The number of carbonyl (C=O) groups is 2. The molecule has 2 aliphatic heterocycles. The Kier molecular flexibility index (Phi) is 8.17. The fraction of sp³-hybridized carbons (Fsp3) is 0.417. The molecule has 2 saturated heterocycles. The molecular formula is C24H29N3O8S2. The van der Waals surface area contributed by atoms with Gasteiger partial charge in [-0.05, 0) is 68.1 Å². The lowest BCUT2D eigenvalue weighted by atomic mass is 10.2. The van der Waals surface area contributed by atoms with Crippen molar-refractivity contribution in [3.05, 3.63) is 48.0 Å². The second-order valence-electron chi connectivity index (χ2n) is 8.90. The van der Waals surface area contributed by atoms with Gasteiger partial charge in [0.05, 0.1) is 9.79 Å². The molecule has 2 heterocycles. The summed E-state index contributed by atoms with van der Waals surface area (Å²) in [6, 6.07) is 9.02. The number of nitrogens with one attached hydrogen (secondary N) is 1. The maximum absolute atomic E-state index is 12.8. The van der Waals surface area contributed by atoms with Gasteiger partial charge in [0.2, 0.25) is 20.0 Å². The van der Waals surface area contributed by atoms with Gasteiger partial charge in [0.1, 0.15) is 11.3 Å². The molecule has 200 valence electrons. The smallest absolute Gasteiger partial charge is 0.342 e. The second-order valence-corrected chi connectivity index (χ2v) is 12.8. The van der Waals surface area contributed by atoms with Crippen molar-refractivity contribution in [1.82, 2.24) is 8.61 Å². The molecule has 4 rings (SSSR count). The molecule has 2 N–H and O–H groups in total. The van der Waals surface area contributed by atoms with Gasteiger partial charge in [-0.3, -0.25) is 4.79 Å². The highest BCUT2D eigenvalue weighted by atomic mass is 32.2. The fourth-order valence-electron chi connectivity index (χ4n) is 4.29. The largest absolute Gasteiger partial charge is 0.507 e. The Morgan fingerprint density at radius 1 is 0.784 bits per heavy atom. The third kappa shape index (κ3) is 6.12. The lowest BCUT2D eigenvalue weighted by molar-refractivity contribution is -0.119. The molecule has 2 fully saturated rings. The molecule has 2 aromatic rings. The molecule has 2 aliphatic rings. The number of carbonyl (C=O) groups excluding carboxylic acids is 2. The number of anilines is 1. The summed E-state index contributed by atoms with van der Waals surface area (Å²) in [5, 5.41) is 12.6. The van der Waals surface area contributed by atoms with Crippen LogP contribution in [0, 0.1) is 0 Å². The summed E-state index contributed by atoms with van der Waals surface area (Å²) in [6.45, 7) is 1.03. The van der Waals surface area contributed by atoms with E-state index in [4.69, 9.17) is 4.74 Å². The summed E-state index contributed by atoms with van der Waals surface area (Å²) in [7, 11) is -7.42. The molecule has 2 aromatic carbocycles. The number of phenols is 1. The number of piperidine rings is 1. The fourth-order valence-corrected chi connectivity index (χ4v) is 7.35. The molecular weight excluding hydrogens is 522 g/mol. The summed E-state index contributed by atoms with van der Waals surface area (Å²) < 4.78 is 58.7. The van der Waals surface area contributed by atoms with E-state index in [1.165, 1.54) is 38.9 Å². The van der Waals surface area contributed by atoms with Crippen molar-refractivity contribution in [1.29, 1.82) is 0 Å². The molecule has 0 radical (unpaired) electrons. The number of aromatic hydroxyl groups is 1. The molecule has 13 heteroatoms. The lowest BCUT2D eigenvalue weighted by Crippen LogP contribution is -2.35. The first-order valence-corrected chi connectivity index (χ1v) is 14.9. The predicted molar refractivity (Wildman–Crippen MR) is 134 cm³/mol. The van der Waals surface area contributed by atoms with Crippen LogP contribution in [-0.2, 0) is 29.6 Å². The zero-order valence-electron chi connectivity index (χ0n) is 20.1. The van der Waals surface area contributed by atoms with Crippen LogP contribution in [0.3, 0.4) is 0 Å². The molecule has 11 nitrogen and oxygen atoms in total. The molecule has 0 unspecified atom stereocenters. The predicted octanol–water partition coefficient (Wildman–Crippen LogP) is 2.15. The zero-order valence-corrected chi connectivity index (χ0v) is 21.8. The minimum absolute atomic E-state index is 0.123. The first kappa shape index (κ1) is 27.0. The van der Waals surface area contributed by atoms with Gasteiger partial charge in [-0.25, -0.2) is 21.6 Å². The molecule has 0 bridgehead atoms. The van der Waals surface area contributed by atoms with Crippen molar-refractivity contribution in [3.8, 4) is 5.75 Å². The molecule has 1 amide bonds. The number of benzene rings is 2. The Bertz CT molecular complexity index is 1360. The highest BCUT2D eigenvalue weighted by molar-refractivity contribution is 7.89. The maximum Gasteiger partial charge on any atom is 0.342 e. The van der Waals surface area contributed by atoms with Crippen LogP contribution in [-0.4, -0.2) is 75.2 Å². The van der Waals surface area contributed by atoms with Gasteiger partial charge >= 0.3 is 5.97 Å². The number of rotatable bonds is 8. The van der Waals surface area contributed by atoms with E-state index >= 15 is 0 Å². The Labute approximate surface area is 216 Å². The molecule has 0 aliphatic carbocycles. The number of phenolic OH excluding ortho intramolecular Hbond substituents is 1. The normalized spacial score (nSPS) is 17.4. The van der Waals surface area contributed by atoms with Crippen LogP contribution in [0.25, 0.3) is 0 Å². The average Bonchev–Trinajstić information content (AvgIpc) is 3.44. The average molecular weight is 552 g/mol. The van der Waals surface area contributed by atoms with Gasteiger partial charge in [-0.1, -0.05) is 6.42 Å². The van der Waals surface area contributed by atoms with Crippen molar-refractivity contribution in [3.63, 3.8) is 0 Å². The number of esters is 1. The Hall–Kier alpha value is -3.00. The van der Waals surface area contributed by atoms with Crippen LogP contribution in [0.15, 0.2) is 52.3 Å². The quantitative estimate of drug-likeness (QED) is 0.474. The highest BCUT2D eigenvalue weighted by Crippen LogP contribution is 2.27. The molecule has 0 aromatic heterocycles. The van der Waals surface area contributed by atoms with Gasteiger partial charge in [-0.15, -0.1) is 0 Å². The maximum atomic E-state index is 12.8. The number of nitrogens with zero attached hydrogens (tertiary/aromatic N) is 2. The monoisotopic (exact) mass is 551 g/mol. The summed E-state index contributed by atoms with van der Waals surface area (Å²) >= 11 is 0. The SMILES string of the molecule is O=C(COC(=O)c1cc(S(=O)(=O)N2CCCC2)ccc1O)Nc1ccc(S(=O)(=O)N2CCCCC2)cc1. The van der Waals surface area contributed by atoms with Crippen LogP contribution >= 0.6 is 0 Å². The summed E-state index contributed by atoms with van der Waals surface area (Å²) in [5.41, 5.74) is -0.0689. The van der Waals surface area contributed by atoms with Crippen molar-refractivity contribution < 1.29 is 36.3 Å².